The summed E-state index contributed by atoms with van der Waals surface area (Å²) in [4.78, 5) is 11.1. The summed E-state index contributed by atoms with van der Waals surface area (Å²) in [6.07, 6.45) is 2.59. The van der Waals surface area contributed by atoms with Gasteiger partial charge in [0, 0.05) is 0 Å². The zero-order chi connectivity index (χ0) is 14.2. The maximum atomic E-state index is 11.1. The van der Waals surface area contributed by atoms with Crippen LogP contribution >= 0.6 is 0 Å². The molecule has 2 nitrogen and oxygen atoms in total. The minimum atomic E-state index is -0.714. The number of benzene rings is 1. The summed E-state index contributed by atoms with van der Waals surface area (Å²) in [6.45, 7) is 8.63. The van der Waals surface area contributed by atoms with Crippen LogP contribution in [-0.2, 0) is 11.2 Å². The average molecular weight is 260 g/mol. The fraction of sp³-hybridized carbons (Fsp3) is 0.588. The molecule has 1 aromatic carbocycles. The summed E-state index contributed by atoms with van der Waals surface area (Å²) < 4.78 is 0. The zero-order valence-corrected chi connectivity index (χ0v) is 12.4. The number of aliphatic carboxylic acids is 1. The molecule has 1 N–H and O–H groups in total. The van der Waals surface area contributed by atoms with E-state index >= 15 is 0 Å². The Morgan fingerprint density at radius 1 is 1.42 bits per heavy atom. The van der Waals surface area contributed by atoms with Crippen molar-refractivity contribution in [3.05, 3.63) is 34.9 Å². The molecule has 0 aliphatic heterocycles. The largest absolute Gasteiger partial charge is 0.481 e. The monoisotopic (exact) mass is 260 g/mol. The van der Waals surface area contributed by atoms with Gasteiger partial charge < -0.3 is 5.11 Å². The summed E-state index contributed by atoms with van der Waals surface area (Å²) >= 11 is 0. The second-order valence-electron chi connectivity index (χ2n) is 6.91. The Hall–Kier alpha value is -1.31. The number of hydrogen-bond acceptors (Lipinski definition) is 1. The van der Waals surface area contributed by atoms with Crippen molar-refractivity contribution in [2.24, 2.45) is 5.41 Å². The van der Waals surface area contributed by atoms with E-state index < -0.39 is 5.97 Å². The Bertz CT molecular complexity index is 483. The Morgan fingerprint density at radius 3 is 2.68 bits per heavy atom. The average Bonchev–Trinajstić information content (AvgIpc) is 2.66. The van der Waals surface area contributed by atoms with E-state index in [9.17, 15) is 4.79 Å². The number of hydrogen-bond donors (Lipinski definition) is 1. The van der Waals surface area contributed by atoms with Crippen molar-refractivity contribution in [3.63, 3.8) is 0 Å². The molecule has 2 atom stereocenters. The fourth-order valence-corrected chi connectivity index (χ4v) is 3.14. The van der Waals surface area contributed by atoms with Crippen molar-refractivity contribution in [2.75, 3.05) is 0 Å². The SMILES string of the molecule is CC1CCc2ccc(C(CC(=O)O)C(C)(C)C)cc21. The molecule has 0 fully saturated rings. The van der Waals surface area contributed by atoms with E-state index in [1.54, 1.807) is 0 Å². The smallest absolute Gasteiger partial charge is 0.303 e. The van der Waals surface area contributed by atoms with Crippen molar-refractivity contribution >= 4 is 5.97 Å². The molecule has 19 heavy (non-hydrogen) atoms. The molecule has 0 spiro atoms. The van der Waals surface area contributed by atoms with Crippen molar-refractivity contribution in [1.29, 1.82) is 0 Å². The first-order valence-corrected chi connectivity index (χ1v) is 7.13. The van der Waals surface area contributed by atoms with E-state index in [4.69, 9.17) is 5.11 Å². The summed E-state index contributed by atoms with van der Waals surface area (Å²) in [5, 5.41) is 9.15. The van der Waals surface area contributed by atoms with E-state index in [-0.39, 0.29) is 17.8 Å². The second-order valence-corrected chi connectivity index (χ2v) is 6.91. The number of aryl methyl sites for hydroxylation is 1. The Morgan fingerprint density at radius 2 is 2.11 bits per heavy atom. The zero-order valence-electron chi connectivity index (χ0n) is 12.4. The molecule has 104 valence electrons. The first-order valence-electron chi connectivity index (χ1n) is 7.13. The van der Waals surface area contributed by atoms with E-state index in [2.05, 4.69) is 45.9 Å². The Kier molecular flexibility index (Phi) is 3.71. The van der Waals surface area contributed by atoms with Gasteiger partial charge in [-0.25, -0.2) is 0 Å². The summed E-state index contributed by atoms with van der Waals surface area (Å²) in [5.41, 5.74) is 4.02. The van der Waals surface area contributed by atoms with E-state index in [1.165, 1.54) is 23.1 Å². The lowest BCUT2D eigenvalue weighted by molar-refractivity contribution is -0.138. The fourth-order valence-electron chi connectivity index (χ4n) is 3.14. The van der Waals surface area contributed by atoms with Gasteiger partial charge in [0.05, 0.1) is 6.42 Å². The maximum absolute atomic E-state index is 11.1. The highest BCUT2D eigenvalue weighted by Crippen LogP contribution is 2.41. The Labute approximate surface area is 115 Å². The van der Waals surface area contributed by atoms with Crippen molar-refractivity contribution in [1.82, 2.24) is 0 Å². The minimum Gasteiger partial charge on any atom is -0.481 e. The maximum Gasteiger partial charge on any atom is 0.303 e. The number of carbonyl (C=O) groups is 1. The molecule has 2 heteroatoms. The lowest BCUT2D eigenvalue weighted by atomic mass is 9.74. The van der Waals surface area contributed by atoms with Crippen molar-refractivity contribution in [3.8, 4) is 0 Å². The first kappa shape index (κ1) is 14.1. The molecule has 2 rings (SSSR count). The molecule has 0 saturated carbocycles. The van der Waals surface area contributed by atoms with Crippen LogP contribution in [0.3, 0.4) is 0 Å². The highest BCUT2D eigenvalue weighted by atomic mass is 16.4. The number of carboxylic acid groups (broad SMARTS) is 1. The number of carboxylic acids is 1. The van der Waals surface area contributed by atoms with E-state index in [0.717, 1.165) is 6.42 Å². The van der Waals surface area contributed by atoms with Crippen LogP contribution in [0.4, 0.5) is 0 Å². The van der Waals surface area contributed by atoms with Crippen LogP contribution < -0.4 is 0 Å². The number of fused-ring (bicyclic) bond motifs is 1. The van der Waals surface area contributed by atoms with E-state index in [0.29, 0.717) is 5.92 Å². The number of rotatable bonds is 3. The molecule has 0 heterocycles. The molecule has 1 aliphatic carbocycles. The molecule has 0 amide bonds. The molecule has 0 radical (unpaired) electrons. The van der Waals surface area contributed by atoms with Gasteiger partial charge in [-0.2, -0.15) is 0 Å². The predicted molar refractivity (Wildman–Crippen MR) is 77.6 cm³/mol. The highest BCUT2D eigenvalue weighted by molar-refractivity contribution is 5.68. The lowest BCUT2D eigenvalue weighted by Crippen LogP contribution is -2.21. The van der Waals surface area contributed by atoms with Crippen LogP contribution in [0, 0.1) is 5.41 Å². The summed E-state index contributed by atoms with van der Waals surface area (Å²) in [6, 6.07) is 6.59. The van der Waals surface area contributed by atoms with Gasteiger partial charge in [-0.05, 0) is 46.8 Å². The summed E-state index contributed by atoms with van der Waals surface area (Å²) in [7, 11) is 0. The first-order chi connectivity index (χ1) is 8.79. The lowest BCUT2D eigenvalue weighted by Gasteiger charge is -2.30. The van der Waals surface area contributed by atoms with Crippen LogP contribution in [-0.4, -0.2) is 11.1 Å². The molecule has 1 aliphatic rings. The van der Waals surface area contributed by atoms with Gasteiger partial charge >= 0.3 is 5.97 Å². The van der Waals surface area contributed by atoms with Crippen LogP contribution in [0.2, 0.25) is 0 Å². The van der Waals surface area contributed by atoms with Crippen LogP contribution in [0.15, 0.2) is 18.2 Å². The molecule has 2 unspecified atom stereocenters. The van der Waals surface area contributed by atoms with Crippen LogP contribution in [0.25, 0.3) is 0 Å². The molecule has 1 aromatic rings. The standard InChI is InChI=1S/C17H24O2/c1-11-5-6-12-7-8-13(9-14(11)12)15(10-16(18)19)17(2,3)4/h7-9,11,15H,5-6,10H2,1-4H3,(H,18,19). The van der Waals surface area contributed by atoms with Crippen molar-refractivity contribution in [2.45, 2.75) is 58.8 Å². The Balaban J connectivity index is 2.37. The van der Waals surface area contributed by atoms with Gasteiger partial charge in [0.25, 0.3) is 0 Å². The van der Waals surface area contributed by atoms with E-state index in [1.807, 2.05) is 0 Å². The predicted octanol–water partition coefficient (Wildman–Crippen LogP) is 4.34. The van der Waals surface area contributed by atoms with Gasteiger partial charge in [0.1, 0.15) is 0 Å². The highest BCUT2D eigenvalue weighted by Gasteiger charge is 2.30. The third-order valence-corrected chi connectivity index (χ3v) is 4.37. The van der Waals surface area contributed by atoms with Gasteiger partial charge in [-0.15, -0.1) is 0 Å². The molecular formula is C17H24O2. The molecule has 0 saturated heterocycles. The minimum absolute atomic E-state index is 0.0333. The third kappa shape index (κ3) is 2.99. The van der Waals surface area contributed by atoms with Crippen LogP contribution in [0.1, 0.15) is 69.1 Å². The van der Waals surface area contributed by atoms with Gasteiger partial charge in [0.15, 0.2) is 0 Å². The van der Waals surface area contributed by atoms with Gasteiger partial charge in [-0.3, -0.25) is 4.79 Å². The quantitative estimate of drug-likeness (QED) is 0.877. The van der Waals surface area contributed by atoms with Crippen molar-refractivity contribution < 1.29 is 9.90 Å². The molecular weight excluding hydrogens is 236 g/mol. The topological polar surface area (TPSA) is 37.3 Å². The van der Waals surface area contributed by atoms with Gasteiger partial charge in [0.2, 0.25) is 0 Å². The summed E-state index contributed by atoms with van der Waals surface area (Å²) in [5.74, 6) is -0.0306. The molecule has 0 aromatic heterocycles. The third-order valence-electron chi connectivity index (χ3n) is 4.37. The van der Waals surface area contributed by atoms with Crippen LogP contribution in [0.5, 0.6) is 0 Å². The second kappa shape index (κ2) is 4.99. The van der Waals surface area contributed by atoms with Gasteiger partial charge in [-0.1, -0.05) is 45.9 Å². The normalized spacial score (nSPS) is 20.1. The molecule has 0 bridgehead atoms.